The number of carbonyl (C=O) groups is 3. The summed E-state index contributed by atoms with van der Waals surface area (Å²) in [6, 6.07) is 4.29. The minimum atomic E-state index is -1.24. The number of amides is 2. The minimum Gasteiger partial charge on any atom is -0.477 e. The molecule has 0 spiro atoms. The van der Waals surface area contributed by atoms with Crippen molar-refractivity contribution in [1.29, 1.82) is 5.26 Å². The number of hydrogen-bond donors (Lipinski definition) is 3. The molecule has 0 bridgehead atoms. The van der Waals surface area contributed by atoms with Crippen LogP contribution in [0, 0.1) is 11.3 Å². The van der Waals surface area contributed by atoms with E-state index in [1.54, 1.807) is 36.0 Å². The van der Waals surface area contributed by atoms with Crippen molar-refractivity contribution in [2.24, 2.45) is 5.16 Å². The molecule has 1 unspecified atom stereocenters. The zero-order valence-electron chi connectivity index (χ0n) is 18.2. The third kappa shape index (κ3) is 4.79. The van der Waals surface area contributed by atoms with E-state index in [4.69, 9.17) is 15.8 Å². The Morgan fingerprint density at radius 2 is 2.20 bits per heavy atom. The van der Waals surface area contributed by atoms with Crippen LogP contribution in [0.15, 0.2) is 41.0 Å². The largest absolute Gasteiger partial charge is 0.477 e. The van der Waals surface area contributed by atoms with Crippen LogP contribution in [0.1, 0.15) is 18.3 Å². The van der Waals surface area contributed by atoms with Gasteiger partial charge in [0.2, 0.25) is 11.5 Å². The highest BCUT2D eigenvalue weighted by Gasteiger charge is 2.54. The molecule has 0 saturated carbocycles. The van der Waals surface area contributed by atoms with E-state index in [9.17, 15) is 19.5 Å². The summed E-state index contributed by atoms with van der Waals surface area (Å²) in [4.78, 5) is 48.0. The van der Waals surface area contributed by atoms with E-state index in [0.717, 1.165) is 11.5 Å². The van der Waals surface area contributed by atoms with Gasteiger partial charge in [-0.3, -0.25) is 14.5 Å². The molecule has 2 amide bonds. The van der Waals surface area contributed by atoms with Gasteiger partial charge in [-0.25, -0.2) is 9.36 Å². The number of fused-ring (bicyclic) bond motifs is 1. The van der Waals surface area contributed by atoms with Gasteiger partial charge in [-0.15, -0.1) is 11.8 Å². The van der Waals surface area contributed by atoms with Crippen LogP contribution in [0.4, 0.5) is 5.13 Å². The summed E-state index contributed by atoms with van der Waals surface area (Å²) in [5.74, 6) is -2.24. The highest BCUT2D eigenvalue weighted by atomic mass is 32.2. The average molecular weight is 516 g/mol. The van der Waals surface area contributed by atoms with Gasteiger partial charge in [-0.2, -0.15) is 14.6 Å². The van der Waals surface area contributed by atoms with E-state index < -0.39 is 29.2 Å². The summed E-state index contributed by atoms with van der Waals surface area (Å²) in [6.07, 6.45) is 3.34. The van der Waals surface area contributed by atoms with Crippen LogP contribution in [-0.2, 0) is 25.8 Å². The van der Waals surface area contributed by atoms with Gasteiger partial charge in [0.1, 0.15) is 23.7 Å². The standard InChI is InChI=1S/C20H18N8O5S2/c1-2-33-25-12(15-24-20(22)35-26-15)16(29)23-13-17(30)28-14(19(31)32)11(9-34-18(13)28)8-27-5-3-10(7-21)4-6-27/h3-6,13,18H,2,8-9H2,1H3,(H3-,22,23,24,26,29,31,32)/p+1/t13?,18-/m1/s1. The summed E-state index contributed by atoms with van der Waals surface area (Å²) in [5, 5.41) is 24.7. The normalized spacial score (nSPS) is 19.5. The van der Waals surface area contributed by atoms with Crippen molar-refractivity contribution in [1.82, 2.24) is 19.6 Å². The number of rotatable bonds is 8. The number of pyridine rings is 1. The van der Waals surface area contributed by atoms with Crippen molar-refractivity contribution < 1.29 is 28.9 Å². The zero-order valence-corrected chi connectivity index (χ0v) is 19.9. The van der Waals surface area contributed by atoms with E-state index in [1.165, 1.54) is 16.7 Å². The number of oxime groups is 1. The second-order valence-corrected chi connectivity index (χ2v) is 9.19. The maximum absolute atomic E-state index is 12.9. The van der Waals surface area contributed by atoms with Gasteiger partial charge >= 0.3 is 5.97 Å². The predicted molar refractivity (Wildman–Crippen MR) is 124 cm³/mol. The molecule has 4 rings (SSSR count). The maximum atomic E-state index is 12.9. The quantitative estimate of drug-likeness (QED) is 0.178. The van der Waals surface area contributed by atoms with E-state index in [0.29, 0.717) is 16.9 Å². The molecule has 2 aliphatic heterocycles. The highest BCUT2D eigenvalue weighted by molar-refractivity contribution is 8.00. The van der Waals surface area contributed by atoms with Crippen molar-refractivity contribution in [3.8, 4) is 6.07 Å². The lowest BCUT2D eigenvalue weighted by molar-refractivity contribution is -0.689. The Morgan fingerprint density at radius 1 is 1.46 bits per heavy atom. The van der Waals surface area contributed by atoms with Crippen molar-refractivity contribution >= 4 is 51.9 Å². The first kappa shape index (κ1) is 24.1. The number of nitriles is 1. The van der Waals surface area contributed by atoms with Crippen molar-refractivity contribution in [2.75, 3.05) is 18.1 Å². The van der Waals surface area contributed by atoms with Crippen LogP contribution in [-0.4, -0.2) is 66.6 Å². The molecule has 4 heterocycles. The number of nitrogens with one attached hydrogen (secondary N) is 1. The van der Waals surface area contributed by atoms with Gasteiger partial charge in [0.05, 0.1) is 11.6 Å². The van der Waals surface area contributed by atoms with E-state index in [1.807, 2.05) is 6.07 Å². The van der Waals surface area contributed by atoms with E-state index in [-0.39, 0.29) is 35.5 Å². The number of nitrogen functional groups attached to an aromatic ring is 1. The second-order valence-electron chi connectivity index (χ2n) is 7.30. The number of carbonyl (C=O) groups excluding carboxylic acids is 2. The number of hydrogen-bond acceptors (Lipinski definition) is 11. The smallest absolute Gasteiger partial charge is 0.352 e. The first-order valence-corrected chi connectivity index (χ1v) is 12.1. The molecule has 2 atom stereocenters. The Hall–Kier alpha value is -4.03. The Kier molecular flexibility index (Phi) is 6.94. The monoisotopic (exact) mass is 515 g/mol. The molecule has 1 fully saturated rings. The lowest BCUT2D eigenvalue weighted by Gasteiger charge is -2.49. The number of carboxylic acids is 1. The number of carboxylic acid groups (broad SMARTS) is 1. The highest BCUT2D eigenvalue weighted by Crippen LogP contribution is 2.40. The van der Waals surface area contributed by atoms with Crippen LogP contribution in [0.3, 0.4) is 0 Å². The second kappa shape index (κ2) is 10.1. The van der Waals surface area contributed by atoms with Crippen LogP contribution < -0.4 is 15.6 Å². The third-order valence-electron chi connectivity index (χ3n) is 5.08. The minimum absolute atomic E-state index is 0.0359. The fraction of sp³-hybridized carbons (Fsp3) is 0.300. The summed E-state index contributed by atoms with van der Waals surface area (Å²) >= 11 is 2.21. The van der Waals surface area contributed by atoms with Crippen LogP contribution in [0.5, 0.6) is 0 Å². The Bertz CT molecular complexity index is 1280. The summed E-state index contributed by atoms with van der Waals surface area (Å²) in [6.45, 7) is 2.11. The fourth-order valence-electron chi connectivity index (χ4n) is 3.52. The van der Waals surface area contributed by atoms with Crippen LogP contribution >= 0.6 is 23.3 Å². The molecular formula is C20H19N8O5S2+. The van der Waals surface area contributed by atoms with Gasteiger partial charge < -0.3 is 21.0 Å². The molecular weight excluding hydrogens is 496 g/mol. The molecule has 13 nitrogen and oxygen atoms in total. The lowest BCUT2D eigenvalue weighted by atomic mass is 10.0. The van der Waals surface area contributed by atoms with Gasteiger partial charge in [0.15, 0.2) is 24.1 Å². The summed E-state index contributed by atoms with van der Waals surface area (Å²) in [5.41, 5.74) is 6.26. The summed E-state index contributed by atoms with van der Waals surface area (Å²) < 4.78 is 5.69. The fourth-order valence-corrected chi connectivity index (χ4v) is 5.29. The molecule has 2 aliphatic rings. The maximum Gasteiger partial charge on any atom is 0.352 e. The predicted octanol–water partition coefficient (Wildman–Crippen LogP) is -0.541. The molecule has 1 saturated heterocycles. The SMILES string of the molecule is CCON=C(C(=O)NC1C(=O)N2C(C(=O)O)=C(C[n+]3ccc(C#N)cc3)CS[C@H]12)c1nsc(N)n1. The molecule has 180 valence electrons. The third-order valence-corrected chi connectivity index (χ3v) is 6.97. The van der Waals surface area contributed by atoms with Crippen LogP contribution in [0.25, 0.3) is 0 Å². The number of nitrogens with two attached hydrogens (primary N) is 1. The zero-order chi connectivity index (χ0) is 25.1. The molecule has 0 radical (unpaired) electrons. The van der Waals surface area contributed by atoms with E-state index >= 15 is 0 Å². The van der Waals surface area contributed by atoms with Crippen molar-refractivity contribution in [2.45, 2.75) is 24.9 Å². The first-order valence-electron chi connectivity index (χ1n) is 10.2. The lowest BCUT2D eigenvalue weighted by Crippen LogP contribution is -2.71. The molecule has 0 aromatic carbocycles. The molecule has 4 N–H and O–H groups in total. The number of β-lactam (4-membered cyclic amide) rings is 1. The Morgan fingerprint density at radius 3 is 2.80 bits per heavy atom. The van der Waals surface area contributed by atoms with E-state index in [2.05, 4.69) is 19.8 Å². The molecule has 35 heavy (non-hydrogen) atoms. The molecule has 2 aromatic rings. The first-order chi connectivity index (χ1) is 16.8. The Labute approximate surface area is 207 Å². The molecule has 0 aliphatic carbocycles. The molecule has 15 heteroatoms. The average Bonchev–Trinajstić information content (AvgIpc) is 3.28. The van der Waals surface area contributed by atoms with Crippen molar-refractivity contribution in [3.05, 3.63) is 47.2 Å². The topological polar surface area (TPSA) is 188 Å². The number of aliphatic carboxylic acids is 1. The number of aromatic nitrogens is 3. The number of thioether (sulfide) groups is 1. The number of anilines is 1. The van der Waals surface area contributed by atoms with Crippen LogP contribution in [0.2, 0.25) is 0 Å². The van der Waals surface area contributed by atoms with Gasteiger partial charge in [0, 0.05) is 35.0 Å². The van der Waals surface area contributed by atoms with Gasteiger partial charge in [-0.05, 0) is 6.92 Å². The van der Waals surface area contributed by atoms with Gasteiger partial charge in [0.25, 0.3) is 11.8 Å². The summed E-state index contributed by atoms with van der Waals surface area (Å²) in [7, 11) is 0. The Balaban J connectivity index is 1.53. The molecule has 2 aromatic heterocycles. The number of nitrogens with zero attached hydrogens (tertiary/aromatic N) is 6. The van der Waals surface area contributed by atoms with Gasteiger partial charge in [-0.1, -0.05) is 5.16 Å². The van der Waals surface area contributed by atoms with Crippen molar-refractivity contribution in [3.63, 3.8) is 0 Å².